The van der Waals surface area contributed by atoms with Crippen molar-refractivity contribution >= 4 is 5.78 Å². The van der Waals surface area contributed by atoms with Crippen molar-refractivity contribution in [3.63, 3.8) is 0 Å². The Labute approximate surface area is 74.2 Å². The molecule has 0 spiro atoms. The summed E-state index contributed by atoms with van der Waals surface area (Å²) < 4.78 is 0. The van der Waals surface area contributed by atoms with Crippen LogP contribution in [0.15, 0.2) is 24.3 Å². The first kappa shape index (κ1) is 9.24. The first-order valence-corrected chi connectivity index (χ1v) is 4.67. The Kier molecular flexibility index (Phi) is 3.78. The van der Waals surface area contributed by atoms with Crippen molar-refractivity contribution in [2.45, 2.75) is 38.5 Å². The SMILES string of the molecule is C=CCCCC1=CCCCC1=O. The monoisotopic (exact) mass is 164 g/mol. The zero-order valence-corrected chi connectivity index (χ0v) is 7.51. The van der Waals surface area contributed by atoms with E-state index in [2.05, 4.69) is 12.7 Å². The fourth-order valence-electron chi connectivity index (χ4n) is 1.49. The molecule has 0 saturated heterocycles. The summed E-state index contributed by atoms with van der Waals surface area (Å²) >= 11 is 0. The van der Waals surface area contributed by atoms with Gasteiger partial charge in [-0.15, -0.1) is 6.58 Å². The molecule has 0 saturated carbocycles. The maximum atomic E-state index is 11.3. The van der Waals surface area contributed by atoms with Crippen molar-refractivity contribution in [1.29, 1.82) is 0 Å². The highest BCUT2D eigenvalue weighted by molar-refractivity contribution is 5.95. The van der Waals surface area contributed by atoms with Gasteiger partial charge in [-0.1, -0.05) is 12.2 Å². The Bertz CT molecular complexity index is 201. The van der Waals surface area contributed by atoms with Gasteiger partial charge in [0.05, 0.1) is 0 Å². The van der Waals surface area contributed by atoms with Gasteiger partial charge in [0.15, 0.2) is 5.78 Å². The number of ketones is 1. The van der Waals surface area contributed by atoms with E-state index >= 15 is 0 Å². The molecule has 0 fully saturated rings. The standard InChI is InChI=1S/C11H16O/c1-2-3-4-7-10-8-5-6-9-11(10)12/h2,8H,1,3-7,9H2. The number of carbonyl (C=O) groups excluding carboxylic acids is 1. The number of Topliss-reactive ketones (excluding diaryl/α,β-unsaturated/α-hetero) is 1. The van der Waals surface area contributed by atoms with Gasteiger partial charge in [0.1, 0.15) is 0 Å². The summed E-state index contributed by atoms with van der Waals surface area (Å²) in [6, 6.07) is 0. The molecule has 1 rings (SSSR count). The van der Waals surface area contributed by atoms with E-state index in [1.54, 1.807) is 0 Å². The van der Waals surface area contributed by atoms with Gasteiger partial charge in [-0.25, -0.2) is 0 Å². The second-order valence-electron chi connectivity index (χ2n) is 3.23. The predicted molar refractivity (Wildman–Crippen MR) is 51.0 cm³/mol. The Morgan fingerprint density at radius 1 is 1.58 bits per heavy atom. The second-order valence-corrected chi connectivity index (χ2v) is 3.23. The third-order valence-corrected chi connectivity index (χ3v) is 2.21. The molecule has 12 heavy (non-hydrogen) atoms. The molecule has 66 valence electrons. The van der Waals surface area contributed by atoms with E-state index < -0.39 is 0 Å². The molecule has 0 aromatic rings. The van der Waals surface area contributed by atoms with Gasteiger partial charge in [0, 0.05) is 6.42 Å². The molecule has 0 aliphatic heterocycles. The van der Waals surface area contributed by atoms with Crippen LogP contribution in [0.5, 0.6) is 0 Å². The van der Waals surface area contributed by atoms with Crippen molar-refractivity contribution in [1.82, 2.24) is 0 Å². The van der Waals surface area contributed by atoms with Crippen LogP contribution in [0, 0.1) is 0 Å². The number of carbonyl (C=O) groups is 1. The molecule has 0 amide bonds. The topological polar surface area (TPSA) is 17.1 Å². The molecule has 0 heterocycles. The zero-order valence-electron chi connectivity index (χ0n) is 7.51. The molecule has 0 atom stereocenters. The van der Waals surface area contributed by atoms with E-state index in [1.165, 1.54) is 0 Å². The summed E-state index contributed by atoms with van der Waals surface area (Å²) in [5.41, 5.74) is 1.06. The van der Waals surface area contributed by atoms with Crippen LogP contribution in [0.25, 0.3) is 0 Å². The molecule has 0 radical (unpaired) electrons. The Morgan fingerprint density at radius 2 is 2.42 bits per heavy atom. The smallest absolute Gasteiger partial charge is 0.158 e. The highest BCUT2D eigenvalue weighted by Crippen LogP contribution is 2.18. The summed E-state index contributed by atoms with van der Waals surface area (Å²) in [6.07, 6.45) is 9.96. The average Bonchev–Trinajstić information content (AvgIpc) is 2.09. The number of hydrogen-bond acceptors (Lipinski definition) is 1. The molecule has 1 aliphatic rings. The molecule has 0 aromatic carbocycles. The van der Waals surface area contributed by atoms with E-state index in [0.717, 1.165) is 44.1 Å². The Morgan fingerprint density at radius 3 is 3.08 bits per heavy atom. The molecular weight excluding hydrogens is 148 g/mol. The Hall–Kier alpha value is -0.850. The highest BCUT2D eigenvalue weighted by atomic mass is 16.1. The lowest BCUT2D eigenvalue weighted by Crippen LogP contribution is -2.06. The molecular formula is C11H16O. The van der Waals surface area contributed by atoms with E-state index in [-0.39, 0.29) is 0 Å². The summed E-state index contributed by atoms with van der Waals surface area (Å²) in [5.74, 6) is 0.366. The largest absolute Gasteiger partial charge is 0.295 e. The van der Waals surface area contributed by atoms with Crippen molar-refractivity contribution in [3.8, 4) is 0 Å². The van der Waals surface area contributed by atoms with Crippen molar-refractivity contribution in [2.24, 2.45) is 0 Å². The third kappa shape index (κ3) is 2.65. The lowest BCUT2D eigenvalue weighted by atomic mass is 9.94. The maximum absolute atomic E-state index is 11.3. The van der Waals surface area contributed by atoms with Crippen LogP contribution < -0.4 is 0 Å². The minimum absolute atomic E-state index is 0.366. The summed E-state index contributed by atoms with van der Waals surface area (Å²) in [5, 5.41) is 0. The fourth-order valence-corrected chi connectivity index (χ4v) is 1.49. The van der Waals surface area contributed by atoms with Gasteiger partial charge in [0.2, 0.25) is 0 Å². The maximum Gasteiger partial charge on any atom is 0.158 e. The normalized spacial score (nSPS) is 17.3. The Balaban J connectivity index is 2.34. The number of rotatable bonds is 4. The highest BCUT2D eigenvalue weighted by Gasteiger charge is 2.11. The van der Waals surface area contributed by atoms with Crippen LogP contribution in [-0.2, 0) is 4.79 Å². The molecule has 0 N–H and O–H groups in total. The summed E-state index contributed by atoms with van der Waals surface area (Å²) in [7, 11) is 0. The van der Waals surface area contributed by atoms with Crippen LogP contribution in [0.4, 0.5) is 0 Å². The van der Waals surface area contributed by atoms with Crippen LogP contribution in [0.1, 0.15) is 38.5 Å². The van der Waals surface area contributed by atoms with Crippen LogP contribution in [-0.4, -0.2) is 5.78 Å². The summed E-state index contributed by atoms with van der Waals surface area (Å²) in [4.78, 5) is 11.3. The van der Waals surface area contributed by atoms with Gasteiger partial charge in [-0.3, -0.25) is 4.79 Å². The zero-order chi connectivity index (χ0) is 8.81. The van der Waals surface area contributed by atoms with E-state index in [0.29, 0.717) is 5.78 Å². The quantitative estimate of drug-likeness (QED) is 0.461. The fraction of sp³-hybridized carbons (Fsp3) is 0.545. The predicted octanol–water partition coefficient (Wildman–Crippen LogP) is 3.02. The molecule has 1 nitrogen and oxygen atoms in total. The van der Waals surface area contributed by atoms with Crippen LogP contribution in [0.3, 0.4) is 0 Å². The number of hydrogen-bond donors (Lipinski definition) is 0. The van der Waals surface area contributed by atoms with E-state index in [4.69, 9.17) is 0 Å². The van der Waals surface area contributed by atoms with Crippen LogP contribution in [0.2, 0.25) is 0 Å². The lowest BCUT2D eigenvalue weighted by molar-refractivity contribution is -0.116. The molecule has 1 heteroatoms. The first-order chi connectivity index (χ1) is 5.84. The summed E-state index contributed by atoms with van der Waals surface area (Å²) in [6.45, 7) is 3.66. The van der Waals surface area contributed by atoms with Gasteiger partial charge in [-0.2, -0.15) is 0 Å². The van der Waals surface area contributed by atoms with E-state index in [1.807, 2.05) is 6.08 Å². The molecule has 0 aromatic heterocycles. The third-order valence-electron chi connectivity index (χ3n) is 2.21. The first-order valence-electron chi connectivity index (χ1n) is 4.67. The number of unbranched alkanes of at least 4 members (excludes halogenated alkanes) is 1. The molecule has 0 unspecified atom stereocenters. The van der Waals surface area contributed by atoms with Gasteiger partial charge in [-0.05, 0) is 37.7 Å². The van der Waals surface area contributed by atoms with Gasteiger partial charge >= 0.3 is 0 Å². The van der Waals surface area contributed by atoms with E-state index in [9.17, 15) is 4.79 Å². The number of allylic oxidation sites excluding steroid dienone is 3. The van der Waals surface area contributed by atoms with Crippen molar-refractivity contribution < 1.29 is 4.79 Å². The van der Waals surface area contributed by atoms with Crippen molar-refractivity contribution in [2.75, 3.05) is 0 Å². The van der Waals surface area contributed by atoms with Gasteiger partial charge in [0.25, 0.3) is 0 Å². The average molecular weight is 164 g/mol. The van der Waals surface area contributed by atoms with Gasteiger partial charge < -0.3 is 0 Å². The van der Waals surface area contributed by atoms with Crippen LogP contribution >= 0.6 is 0 Å². The lowest BCUT2D eigenvalue weighted by Gasteiger charge is -2.10. The molecule has 0 bridgehead atoms. The second kappa shape index (κ2) is 4.91. The minimum Gasteiger partial charge on any atom is -0.295 e. The van der Waals surface area contributed by atoms with Crippen molar-refractivity contribution in [3.05, 3.63) is 24.3 Å². The molecule has 1 aliphatic carbocycles. The minimum atomic E-state index is 0.366.